The van der Waals surface area contributed by atoms with Crippen LogP contribution in [0.2, 0.25) is 5.02 Å². The number of aromatic nitrogens is 2. The van der Waals surface area contributed by atoms with Crippen molar-refractivity contribution in [3.63, 3.8) is 0 Å². The Morgan fingerprint density at radius 3 is 2.42 bits per heavy atom. The minimum Gasteiger partial charge on any atom is -0.319 e. The third-order valence-electron chi connectivity index (χ3n) is 4.72. The molecule has 0 radical (unpaired) electrons. The first kappa shape index (κ1) is 16.9. The monoisotopic (exact) mass is 360 g/mol. The molecule has 1 aromatic heterocycles. The first-order valence-electron chi connectivity index (χ1n) is 8.92. The molecule has 3 aromatic carbocycles. The fourth-order valence-electron chi connectivity index (χ4n) is 3.29. The molecule has 0 bridgehead atoms. The van der Waals surface area contributed by atoms with Gasteiger partial charge < -0.3 is 4.57 Å². The summed E-state index contributed by atoms with van der Waals surface area (Å²) in [5, 5.41) is 0.759. The Bertz CT molecular complexity index is 1050. The highest BCUT2D eigenvalue weighted by Gasteiger charge is 2.13. The van der Waals surface area contributed by atoms with E-state index >= 15 is 0 Å². The molecule has 0 unspecified atom stereocenters. The van der Waals surface area contributed by atoms with Crippen LogP contribution in [-0.2, 0) is 6.54 Å². The molecule has 0 saturated heterocycles. The number of para-hydroxylation sites is 2. The normalized spacial score (nSPS) is 11.4. The number of hydrogen-bond acceptors (Lipinski definition) is 1. The van der Waals surface area contributed by atoms with E-state index in [2.05, 4.69) is 66.9 Å². The van der Waals surface area contributed by atoms with Gasteiger partial charge in [0, 0.05) is 17.1 Å². The molecule has 0 aliphatic heterocycles. The second-order valence-electron chi connectivity index (χ2n) is 6.92. The highest BCUT2D eigenvalue weighted by atomic mass is 35.5. The average Bonchev–Trinajstić information content (AvgIpc) is 3.00. The van der Waals surface area contributed by atoms with Crippen molar-refractivity contribution >= 4 is 22.6 Å². The van der Waals surface area contributed by atoms with Crippen LogP contribution < -0.4 is 0 Å². The predicted molar refractivity (Wildman–Crippen MR) is 110 cm³/mol. The Morgan fingerprint density at radius 2 is 1.69 bits per heavy atom. The molecule has 2 nitrogen and oxygen atoms in total. The van der Waals surface area contributed by atoms with E-state index < -0.39 is 0 Å². The molecule has 0 saturated carbocycles. The van der Waals surface area contributed by atoms with Crippen LogP contribution in [0.25, 0.3) is 22.4 Å². The number of rotatable bonds is 4. The smallest absolute Gasteiger partial charge is 0.141 e. The van der Waals surface area contributed by atoms with Gasteiger partial charge in [0.05, 0.1) is 11.0 Å². The van der Waals surface area contributed by atoms with Crippen molar-refractivity contribution in [2.45, 2.75) is 26.3 Å². The topological polar surface area (TPSA) is 17.8 Å². The molecule has 0 aliphatic rings. The van der Waals surface area contributed by atoms with Crippen LogP contribution in [0.5, 0.6) is 0 Å². The maximum atomic E-state index is 6.18. The Labute approximate surface area is 159 Å². The zero-order chi connectivity index (χ0) is 18.1. The van der Waals surface area contributed by atoms with Gasteiger partial charge in [0.2, 0.25) is 0 Å². The molecule has 26 heavy (non-hydrogen) atoms. The molecular formula is C23H21ClN2. The van der Waals surface area contributed by atoms with Crippen molar-refractivity contribution in [2.24, 2.45) is 0 Å². The van der Waals surface area contributed by atoms with Crippen molar-refractivity contribution < 1.29 is 0 Å². The number of halogens is 1. The van der Waals surface area contributed by atoms with Crippen LogP contribution in [0.4, 0.5) is 0 Å². The molecule has 0 N–H and O–H groups in total. The van der Waals surface area contributed by atoms with Crippen LogP contribution in [-0.4, -0.2) is 9.55 Å². The van der Waals surface area contributed by atoms with E-state index in [1.165, 1.54) is 11.1 Å². The Balaban J connectivity index is 1.83. The van der Waals surface area contributed by atoms with Crippen molar-refractivity contribution in [1.82, 2.24) is 9.55 Å². The SMILES string of the molecule is CC(C)c1ccc(-c2nc3ccccc3n2Cc2cccc(Cl)c2)cc1. The molecule has 0 aliphatic carbocycles. The number of hydrogen-bond donors (Lipinski definition) is 0. The van der Waals surface area contributed by atoms with Crippen molar-refractivity contribution in [3.05, 3.63) is 88.9 Å². The van der Waals surface area contributed by atoms with Gasteiger partial charge in [0.15, 0.2) is 0 Å². The maximum absolute atomic E-state index is 6.18. The number of imidazole rings is 1. The lowest BCUT2D eigenvalue weighted by Crippen LogP contribution is -2.02. The minimum absolute atomic E-state index is 0.523. The van der Waals surface area contributed by atoms with Crippen LogP contribution in [0.1, 0.15) is 30.9 Å². The van der Waals surface area contributed by atoms with Gasteiger partial charge in [0.25, 0.3) is 0 Å². The van der Waals surface area contributed by atoms with Gasteiger partial charge in [-0.1, -0.05) is 74.0 Å². The molecule has 4 aromatic rings. The Kier molecular flexibility index (Phi) is 4.52. The van der Waals surface area contributed by atoms with Crippen molar-refractivity contribution in [1.29, 1.82) is 0 Å². The summed E-state index contributed by atoms with van der Waals surface area (Å²) in [4.78, 5) is 4.91. The maximum Gasteiger partial charge on any atom is 0.141 e. The molecule has 0 spiro atoms. The summed E-state index contributed by atoms with van der Waals surface area (Å²) < 4.78 is 2.27. The Morgan fingerprint density at radius 1 is 0.923 bits per heavy atom. The zero-order valence-electron chi connectivity index (χ0n) is 15.0. The van der Waals surface area contributed by atoms with E-state index in [4.69, 9.17) is 16.6 Å². The first-order valence-corrected chi connectivity index (χ1v) is 9.29. The zero-order valence-corrected chi connectivity index (χ0v) is 15.7. The lowest BCUT2D eigenvalue weighted by molar-refractivity contribution is 0.833. The summed E-state index contributed by atoms with van der Waals surface area (Å²) in [6.45, 7) is 5.16. The van der Waals surface area contributed by atoms with Gasteiger partial charge in [-0.2, -0.15) is 0 Å². The largest absolute Gasteiger partial charge is 0.319 e. The van der Waals surface area contributed by atoms with Crippen molar-refractivity contribution in [2.75, 3.05) is 0 Å². The summed E-state index contributed by atoms with van der Waals surface area (Å²) in [7, 11) is 0. The number of fused-ring (bicyclic) bond motifs is 1. The van der Waals surface area contributed by atoms with Gasteiger partial charge in [0.1, 0.15) is 5.82 Å². The van der Waals surface area contributed by atoms with Gasteiger partial charge in [-0.15, -0.1) is 0 Å². The minimum atomic E-state index is 0.523. The molecule has 3 heteroatoms. The van der Waals surface area contributed by atoms with Crippen LogP contribution in [0.15, 0.2) is 72.8 Å². The second-order valence-corrected chi connectivity index (χ2v) is 7.35. The highest BCUT2D eigenvalue weighted by Crippen LogP contribution is 2.27. The number of benzene rings is 3. The van der Waals surface area contributed by atoms with Gasteiger partial charge in [-0.05, 0) is 41.3 Å². The lowest BCUT2D eigenvalue weighted by Gasteiger charge is -2.11. The van der Waals surface area contributed by atoms with Gasteiger partial charge in [-0.3, -0.25) is 0 Å². The number of nitrogens with zero attached hydrogens (tertiary/aromatic N) is 2. The average molecular weight is 361 g/mol. The summed E-state index contributed by atoms with van der Waals surface area (Å²) >= 11 is 6.18. The summed E-state index contributed by atoms with van der Waals surface area (Å²) in [6.07, 6.45) is 0. The van der Waals surface area contributed by atoms with Crippen LogP contribution in [0.3, 0.4) is 0 Å². The third kappa shape index (κ3) is 3.25. The molecule has 1 heterocycles. The van der Waals surface area contributed by atoms with E-state index in [9.17, 15) is 0 Å². The standard InChI is InChI=1S/C23H21ClN2/c1-16(2)18-10-12-19(13-11-18)23-25-21-8-3-4-9-22(21)26(23)15-17-6-5-7-20(24)14-17/h3-14,16H,15H2,1-2H3. The second kappa shape index (κ2) is 6.97. The van der Waals surface area contributed by atoms with E-state index in [0.29, 0.717) is 5.92 Å². The first-order chi connectivity index (χ1) is 12.6. The molecule has 0 amide bonds. The summed E-state index contributed by atoms with van der Waals surface area (Å²) in [6, 6.07) is 25.0. The highest BCUT2D eigenvalue weighted by molar-refractivity contribution is 6.30. The summed E-state index contributed by atoms with van der Waals surface area (Å²) in [5.74, 6) is 1.51. The van der Waals surface area contributed by atoms with E-state index in [0.717, 1.165) is 34.0 Å². The fourth-order valence-corrected chi connectivity index (χ4v) is 3.50. The van der Waals surface area contributed by atoms with Gasteiger partial charge >= 0.3 is 0 Å². The van der Waals surface area contributed by atoms with E-state index in [1.807, 2.05) is 24.3 Å². The predicted octanol–water partition coefficient (Wildman–Crippen LogP) is 6.53. The molecular weight excluding hydrogens is 340 g/mol. The molecule has 130 valence electrons. The molecule has 0 fully saturated rings. The quantitative estimate of drug-likeness (QED) is 0.404. The lowest BCUT2D eigenvalue weighted by atomic mass is 10.0. The van der Waals surface area contributed by atoms with E-state index in [-0.39, 0.29) is 0 Å². The Hall–Kier alpha value is -2.58. The summed E-state index contributed by atoms with van der Waals surface area (Å²) in [5.41, 5.74) is 5.78. The fraction of sp³-hybridized carbons (Fsp3) is 0.174. The van der Waals surface area contributed by atoms with Crippen molar-refractivity contribution in [3.8, 4) is 11.4 Å². The molecule has 4 rings (SSSR count). The van der Waals surface area contributed by atoms with Crippen LogP contribution in [0, 0.1) is 0 Å². The van der Waals surface area contributed by atoms with Gasteiger partial charge in [-0.25, -0.2) is 4.98 Å². The molecule has 0 atom stereocenters. The van der Waals surface area contributed by atoms with Crippen LogP contribution >= 0.6 is 11.6 Å². The van der Waals surface area contributed by atoms with E-state index in [1.54, 1.807) is 0 Å². The third-order valence-corrected chi connectivity index (χ3v) is 4.95.